The van der Waals surface area contributed by atoms with Gasteiger partial charge in [0.25, 0.3) is 0 Å². The second-order valence-corrected chi connectivity index (χ2v) is 5.63. The number of hydrogen-bond donors (Lipinski definition) is 1. The standard InChI is InChI=1S/C19H25NO2/c1-4-21-18-10-7-9-17(12-18)20-13-16-8-5-6-11-19(16)22-14-15(2)3/h5-12,15,20H,4,13-14H2,1-3H3. The summed E-state index contributed by atoms with van der Waals surface area (Å²) in [5.74, 6) is 2.35. The van der Waals surface area contributed by atoms with Gasteiger partial charge in [-0.1, -0.05) is 38.1 Å². The molecule has 118 valence electrons. The molecule has 2 aromatic carbocycles. The topological polar surface area (TPSA) is 30.5 Å². The summed E-state index contributed by atoms with van der Waals surface area (Å²) in [7, 11) is 0. The van der Waals surface area contributed by atoms with Gasteiger partial charge in [-0.05, 0) is 31.0 Å². The highest BCUT2D eigenvalue weighted by Gasteiger charge is 2.04. The highest BCUT2D eigenvalue weighted by Crippen LogP contribution is 2.22. The lowest BCUT2D eigenvalue weighted by atomic mass is 10.2. The molecule has 0 spiro atoms. The molecule has 0 aliphatic heterocycles. The van der Waals surface area contributed by atoms with E-state index in [1.807, 2.05) is 49.4 Å². The van der Waals surface area contributed by atoms with Gasteiger partial charge in [-0.25, -0.2) is 0 Å². The summed E-state index contributed by atoms with van der Waals surface area (Å²) in [6.45, 7) is 8.43. The Bertz CT molecular complexity index is 581. The monoisotopic (exact) mass is 299 g/mol. The van der Waals surface area contributed by atoms with E-state index in [9.17, 15) is 0 Å². The van der Waals surface area contributed by atoms with Crippen LogP contribution in [0, 0.1) is 5.92 Å². The van der Waals surface area contributed by atoms with Gasteiger partial charge in [0.2, 0.25) is 0 Å². The molecule has 2 aromatic rings. The van der Waals surface area contributed by atoms with Gasteiger partial charge >= 0.3 is 0 Å². The van der Waals surface area contributed by atoms with Crippen molar-refractivity contribution in [1.82, 2.24) is 0 Å². The molecule has 0 aliphatic carbocycles. The molecule has 0 aliphatic rings. The van der Waals surface area contributed by atoms with Crippen molar-refractivity contribution in [1.29, 1.82) is 0 Å². The molecule has 22 heavy (non-hydrogen) atoms. The van der Waals surface area contributed by atoms with Crippen molar-refractivity contribution in [2.75, 3.05) is 18.5 Å². The summed E-state index contributed by atoms with van der Waals surface area (Å²) >= 11 is 0. The summed E-state index contributed by atoms with van der Waals surface area (Å²) in [5, 5.41) is 3.43. The first-order valence-corrected chi connectivity index (χ1v) is 7.86. The molecule has 0 amide bonds. The molecule has 0 saturated heterocycles. The molecular formula is C19H25NO2. The average molecular weight is 299 g/mol. The number of hydrogen-bond acceptors (Lipinski definition) is 3. The van der Waals surface area contributed by atoms with E-state index in [0.29, 0.717) is 12.5 Å². The van der Waals surface area contributed by atoms with Crippen LogP contribution in [-0.4, -0.2) is 13.2 Å². The Balaban J connectivity index is 2.00. The molecule has 1 N–H and O–H groups in total. The maximum absolute atomic E-state index is 5.88. The Morgan fingerprint density at radius 2 is 1.82 bits per heavy atom. The van der Waals surface area contributed by atoms with Crippen LogP contribution in [0.1, 0.15) is 26.3 Å². The number of anilines is 1. The summed E-state index contributed by atoms with van der Waals surface area (Å²) in [4.78, 5) is 0. The second-order valence-electron chi connectivity index (χ2n) is 5.63. The molecule has 3 nitrogen and oxygen atoms in total. The van der Waals surface area contributed by atoms with Crippen LogP contribution in [0.2, 0.25) is 0 Å². The van der Waals surface area contributed by atoms with Crippen molar-refractivity contribution in [3.63, 3.8) is 0 Å². The van der Waals surface area contributed by atoms with E-state index < -0.39 is 0 Å². The molecule has 2 rings (SSSR count). The zero-order valence-electron chi connectivity index (χ0n) is 13.6. The molecule has 0 fully saturated rings. The summed E-state index contributed by atoms with van der Waals surface area (Å²) in [6.07, 6.45) is 0. The molecule has 0 unspecified atom stereocenters. The zero-order valence-corrected chi connectivity index (χ0v) is 13.6. The number of rotatable bonds is 8. The summed E-state index contributed by atoms with van der Waals surface area (Å²) in [5.41, 5.74) is 2.20. The molecule has 0 aromatic heterocycles. The zero-order chi connectivity index (χ0) is 15.8. The van der Waals surface area contributed by atoms with E-state index in [-0.39, 0.29) is 0 Å². The SMILES string of the molecule is CCOc1cccc(NCc2ccccc2OCC(C)C)c1. The number of ether oxygens (including phenoxy) is 2. The molecule has 0 atom stereocenters. The van der Waals surface area contributed by atoms with Crippen molar-refractivity contribution < 1.29 is 9.47 Å². The van der Waals surface area contributed by atoms with E-state index in [4.69, 9.17) is 9.47 Å². The highest BCUT2D eigenvalue weighted by atomic mass is 16.5. The fraction of sp³-hybridized carbons (Fsp3) is 0.368. The Kier molecular flexibility index (Phi) is 6.13. The third-order valence-corrected chi connectivity index (χ3v) is 3.17. The smallest absolute Gasteiger partial charge is 0.124 e. The normalized spacial score (nSPS) is 10.5. The van der Waals surface area contributed by atoms with E-state index in [0.717, 1.165) is 35.9 Å². The molecule has 3 heteroatoms. The molecule has 0 saturated carbocycles. The van der Waals surface area contributed by atoms with Crippen LogP contribution >= 0.6 is 0 Å². The van der Waals surface area contributed by atoms with E-state index in [2.05, 4.69) is 25.2 Å². The van der Waals surface area contributed by atoms with Crippen LogP contribution in [-0.2, 0) is 6.54 Å². The van der Waals surface area contributed by atoms with Crippen LogP contribution in [0.25, 0.3) is 0 Å². The summed E-state index contributed by atoms with van der Waals surface area (Å²) < 4.78 is 11.4. The van der Waals surface area contributed by atoms with Crippen molar-refractivity contribution in [3.8, 4) is 11.5 Å². The number of para-hydroxylation sites is 1. The first-order chi connectivity index (χ1) is 10.7. The van der Waals surface area contributed by atoms with Crippen LogP contribution in [0.4, 0.5) is 5.69 Å². The largest absolute Gasteiger partial charge is 0.494 e. The first-order valence-electron chi connectivity index (χ1n) is 7.86. The minimum Gasteiger partial charge on any atom is -0.494 e. The van der Waals surface area contributed by atoms with Crippen molar-refractivity contribution >= 4 is 5.69 Å². The molecule has 0 radical (unpaired) electrons. The minimum absolute atomic E-state index is 0.517. The Labute approximate surface area is 133 Å². The lowest BCUT2D eigenvalue weighted by Crippen LogP contribution is -2.08. The fourth-order valence-electron chi connectivity index (χ4n) is 2.11. The van der Waals surface area contributed by atoms with Crippen LogP contribution in [0.15, 0.2) is 48.5 Å². The Hall–Kier alpha value is -2.16. The maximum Gasteiger partial charge on any atom is 0.124 e. The predicted octanol–water partition coefficient (Wildman–Crippen LogP) is 4.73. The van der Waals surface area contributed by atoms with Crippen molar-refractivity contribution in [3.05, 3.63) is 54.1 Å². The van der Waals surface area contributed by atoms with Gasteiger partial charge in [-0.2, -0.15) is 0 Å². The molecule has 0 bridgehead atoms. The predicted molar refractivity (Wildman–Crippen MR) is 91.7 cm³/mol. The van der Waals surface area contributed by atoms with Gasteiger partial charge in [-0.3, -0.25) is 0 Å². The second kappa shape index (κ2) is 8.32. The number of nitrogens with one attached hydrogen (secondary N) is 1. The van der Waals surface area contributed by atoms with Crippen LogP contribution < -0.4 is 14.8 Å². The van der Waals surface area contributed by atoms with Gasteiger partial charge < -0.3 is 14.8 Å². The van der Waals surface area contributed by atoms with E-state index >= 15 is 0 Å². The van der Waals surface area contributed by atoms with E-state index in [1.54, 1.807) is 0 Å². The van der Waals surface area contributed by atoms with Gasteiger partial charge in [0, 0.05) is 23.9 Å². The van der Waals surface area contributed by atoms with E-state index in [1.165, 1.54) is 0 Å². The number of benzene rings is 2. The summed E-state index contributed by atoms with van der Waals surface area (Å²) in [6, 6.07) is 16.2. The Morgan fingerprint density at radius 1 is 1.00 bits per heavy atom. The lowest BCUT2D eigenvalue weighted by molar-refractivity contribution is 0.269. The van der Waals surface area contributed by atoms with Crippen LogP contribution in [0.3, 0.4) is 0 Å². The van der Waals surface area contributed by atoms with Crippen molar-refractivity contribution in [2.45, 2.75) is 27.3 Å². The minimum atomic E-state index is 0.517. The lowest BCUT2D eigenvalue weighted by Gasteiger charge is -2.14. The van der Waals surface area contributed by atoms with Gasteiger partial charge in [-0.15, -0.1) is 0 Å². The third kappa shape index (κ3) is 4.99. The first kappa shape index (κ1) is 16.2. The average Bonchev–Trinajstić information content (AvgIpc) is 2.52. The van der Waals surface area contributed by atoms with Crippen molar-refractivity contribution in [2.24, 2.45) is 5.92 Å². The molecule has 0 heterocycles. The van der Waals surface area contributed by atoms with Gasteiger partial charge in [0.1, 0.15) is 11.5 Å². The fourth-order valence-corrected chi connectivity index (χ4v) is 2.11. The maximum atomic E-state index is 5.88. The Morgan fingerprint density at radius 3 is 2.59 bits per heavy atom. The quantitative estimate of drug-likeness (QED) is 0.764. The van der Waals surface area contributed by atoms with Crippen LogP contribution in [0.5, 0.6) is 11.5 Å². The highest BCUT2D eigenvalue weighted by molar-refractivity contribution is 5.49. The van der Waals surface area contributed by atoms with Gasteiger partial charge in [0.15, 0.2) is 0 Å². The molecular weight excluding hydrogens is 274 g/mol. The van der Waals surface area contributed by atoms with Gasteiger partial charge in [0.05, 0.1) is 13.2 Å². The third-order valence-electron chi connectivity index (χ3n) is 3.17.